The molecule has 0 aliphatic rings. The van der Waals surface area contributed by atoms with Gasteiger partial charge in [-0.15, -0.1) is 0 Å². The molecule has 0 bridgehead atoms. The fourth-order valence-electron chi connectivity index (χ4n) is 1.68. The van der Waals surface area contributed by atoms with E-state index in [0.717, 1.165) is 11.5 Å². The highest BCUT2D eigenvalue weighted by molar-refractivity contribution is 6.32. The minimum absolute atomic E-state index is 0.0464. The third kappa shape index (κ3) is 2.65. The Morgan fingerprint density at radius 1 is 0.944 bits per heavy atom. The van der Waals surface area contributed by atoms with Gasteiger partial charge in [0, 0.05) is 10.9 Å². The molecule has 0 atom stereocenters. The first-order valence-corrected chi connectivity index (χ1v) is 5.99. The third-order valence-electron chi connectivity index (χ3n) is 2.69. The molecule has 1 radical (unpaired) electrons. The molecule has 2 aromatic rings. The van der Waals surface area contributed by atoms with E-state index < -0.39 is 11.6 Å². The quantitative estimate of drug-likeness (QED) is 0.706. The highest BCUT2D eigenvalue weighted by atomic mass is 35.5. The van der Waals surface area contributed by atoms with Crippen LogP contribution in [0.4, 0.5) is 8.78 Å². The van der Waals surface area contributed by atoms with E-state index in [2.05, 4.69) is 0 Å². The molecular weight excluding hydrogens is 277 g/mol. The van der Waals surface area contributed by atoms with Gasteiger partial charge in [-0.3, -0.25) is 0 Å². The van der Waals surface area contributed by atoms with E-state index >= 15 is 0 Å². The van der Waals surface area contributed by atoms with Crippen molar-refractivity contribution in [3.05, 3.63) is 75.1 Å². The number of hydrogen-bond acceptors (Lipinski definition) is 0. The van der Waals surface area contributed by atoms with E-state index in [9.17, 15) is 8.78 Å². The fraction of sp³-hybridized carbons (Fsp3) is 0.0714. The van der Waals surface area contributed by atoms with Crippen LogP contribution in [0.5, 0.6) is 0 Å². The van der Waals surface area contributed by atoms with E-state index in [1.807, 2.05) is 6.92 Å². The molecule has 0 aliphatic heterocycles. The molecule has 0 aliphatic carbocycles. The van der Waals surface area contributed by atoms with Gasteiger partial charge in [-0.2, -0.15) is 0 Å². The molecule has 0 aromatic heterocycles. The Morgan fingerprint density at radius 3 is 2.28 bits per heavy atom. The summed E-state index contributed by atoms with van der Waals surface area (Å²) in [5, 5.41) is 0.359. The lowest BCUT2D eigenvalue weighted by atomic mass is 9.93. The van der Waals surface area contributed by atoms with Gasteiger partial charge in [0.15, 0.2) is 0 Å². The summed E-state index contributed by atoms with van der Waals surface area (Å²) in [6.45, 7) is 1.82. The van der Waals surface area contributed by atoms with Gasteiger partial charge in [-0.25, -0.2) is 8.78 Å². The molecule has 0 spiro atoms. The van der Waals surface area contributed by atoms with Crippen LogP contribution in [0.1, 0.15) is 18.1 Å². The number of benzene rings is 2. The van der Waals surface area contributed by atoms with Crippen molar-refractivity contribution in [1.82, 2.24) is 0 Å². The Morgan fingerprint density at radius 2 is 1.67 bits per heavy atom. The van der Waals surface area contributed by atoms with Crippen LogP contribution in [0.25, 0.3) is 0 Å². The minimum atomic E-state index is -0.474. The summed E-state index contributed by atoms with van der Waals surface area (Å²) in [7, 11) is 0. The van der Waals surface area contributed by atoms with Gasteiger partial charge in [0.25, 0.3) is 0 Å². The molecule has 2 rings (SSSR count). The maximum absolute atomic E-state index is 13.1. The summed E-state index contributed by atoms with van der Waals surface area (Å²) in [5.74, 6) is -0.0611. The molecule has 18 heavy (non-hydrogen) atoms. The topological polar surface area (TPSA) is 0 Å². The molecule has 93 valence electrons. The van der Waals surface area contributed by atoms with Gasteiger partial charge in [-0.05, 0) is 35.4 Å². The van der Waals surface area contributed by atoms with Gasteiger partial charge >= 0.3 is 0 Å². The molecule has 0 N–H and O–H groups in total. The van der Waals surface area contributed by atoms with Crippen molar-refractivity contribution in [1.29, 1.82) is 0 Å². The van der Waals surface area contributed by atoms with Crippen LogP contribution in [0, 0.1) is 17.6 Å². The van der Waals surface area contributed by atoms with Gasteiger partial charge in [0.05, 0.1) is 5.02 Å². The fourth-order valence-corrected chi connectivity index (χ4v) is 2.17. The summed E-state index contributed by atoms with van der Waals surface area (Å²) in [5.41, 5.74) is 1.44. The Hall–Kier alpha value is -1.12. The zero-order chi connectivity index (χ0) is 13.3. The van der Waals surface area contributed by atoms with Crippen molar-refractivity contribution in [2.75, 3.05) is 0 Å². The highest BCUT2D eigenvalue weighted by Crippen LogP contribution is 2.31. The average Bonchev–Trinajstić information content (AvgIpc) is 2.32. The molecule has 0 saturated carbocycles. The van der Waals surface area contributed by atoms with Crippen LogP contribution in [0.2, 0.25) is 10.0 Å². The summed E-state index contributed by atoms with van der Waals surface area (Å²) in [6.07, 6.45) is 0. The standard InChI is InChI=1S/C14H9Cl2F2/c1-8(9-2-5-14(18)13(16)6-9)11-4-3-10(17)7-12(11)15/h2-7H,1H3. The van der Waals surface area contributed by atoms with Gasteiger partial charge in [0.1, 0.15) is 11.6 Å². The van der Waals surface area contributed by atoms with E-state index in [0.29, 0.717) is 10.6 Å². The summed E-state index contributed by atoms with van der Waals surface area (Å²) < 4.78 is 26.0. The molecule has 4 heteroatoms. The molecule has 0 saturated heterocycles. The lowest BCUT2D eigenvalue weighted by Crippen LogP contribution is -1.99. The van der Waals surface area contributed by atoms with Crippen molar-refractivity contribution in [3.8, 4) is 0 Å². The van der Waals surface area contributed by atoms with Crippen LogP contribution in [0.15, 0.2) is 36.4 Å². The third-order valence-corrected chi connectivity index (χ3v) is 3.29. The number of hydrogen-bond donors (Lipinski definition) is 0. The van der Waals surface area contributed by atoms with Crippen LogP contribution >= 0.6 is 23.2 Å². The van der Waals surface area contributed by atoms with Crippen LogP contribution in [-0.2, 0) is 0 Å². The number of halogens is 4. The molecule has 0 nitrogen and oxygen atoms in total. The number of rotatable bonds is 2. The molecule has 0 fully saturated rings. The maximum Gasteiger partial charge on any atom is 0.141 e. The zero-order valence-electron chi connectivity index (χ0n) is 9.48. The summed E-state index contributed by atoms with van der Waals surface area (Å²) in [4.78, 5) is 0. The minimum Gasteiger partial charge on any atom is -0.207 e. The molecular formula is C14H9Cl2F2. The van der Waals surface area contributed by atoms with Crippen molar-refractivity contribution in [2.45, 2.75) is 6.92 Å². The molecule has 0 amide bonds. The largest absolute Gasteiger partial charge is 0.207 e. The first-order chi connectivity index (χ1) is 8.49. The van der Waals surface area contributed by atoms with Crippen molar-refractivity contribution >= 4 is 23.2 Å². The SMILES string of the molecule is C[C](c1ccc(F)c(Cl)c1)c1ccc(F)cc1Cl. The van der Waals surface area contributed by atoms with Gasteiger partial charge in [-0.1, -0.05) is 42.3 Å². The molecule has 0 unspecified atom stereocenters. The Bertz CT molecular complexity index is 582. The van der Waals surface area contributed by atoms with Crippen molar-refractivity contribution in [3.63, 3.8) is 0 Å². The van der Waals surface area contributed by atoms with Crippen LogP contribution in [-0.4, -0.2) is 0 Å². The monoisotopic (exact) mass is 285 g/mol. The predicted molar refractivity (Wildman–Crippen MR) is 69.9 cm³/mol. The van der Waals surface area contributed by atoms with Gasteiger partial charge in [0.2, 0.25) is 0 Å². The molecule has 2 aromatic carbocycles. The highest BCUT2D eigenvalue weighted by Gasteiger charge is 2.14. The smallest absolute Gasteiger partial charge is 0.141 e. The van der Waals surface area contributed by atoms with E-state index in [1.165, 1.54) is 24.3 Å². The van der Waals surface area contributed by atoms with E-state index in [4.69, 9.17) is 23.2 Å². The Balaban J connectivity index is 2.41. The summed E-state index contributed by atoms with van der Waals surface area (Å²) in [6, 6.07) is 8.58. The predicted octanol–water partition coefficient (Wildman–Crippen LogP) is 5.26. The lowest BCUT2D eigenvalue weighted by Gasteiger charge is -2.14. The summed E-state index contributed by atoms with van der Waals surface area (Å²) >= 11 is 11.7. The first kappa shape index (κ1) is 13.3. The zero-order valence-corrected chi connectivity index (χ0v) is 11.0. The average molecular weight is 286 g/mol. The van der Waals surface area contributed by atoms with E-state index in [-0.39, 0.29) is 5.02 Å². The van der Waals surface area contributed by atoms with E-state index in [1.54, 1.807) is 12.1 Å². The van der Waals surface area contributed by atoms with Crippen molar-refractivity contribution in [2.24, 2.45) is 0 Å². The second-order valence-corrected chi connectivity index (χ2v) is 4.69. The normalized spacial score (nSPS) is 11.0. The van der Waals surface area contributed by atoms with Crippen molar-refractivity contribution < 1.29 is 8.78 Å². The first-order valence-electron chi connectivity index (χ1n) is 5.23. The Kier molecular flexibility index (Phi) is 3.88. The molecule has 0 heterocycles. The second kappa shape index (κ2) is 5.25. The maximum atomic E-state index is 13.1. The Labute approximate surface area is 114 Å². The van der Waals surface area contributed by atoms with Gasteiger partial charge < -0.3 is 0 Å². The van der Waals surface area contributed by atoms with Crippen LogP contribution in [0.3, 0.4) is 0 Å². The second-order valence-electron chi connectivity index (χ2n) is 3.88. The lowest BCUT2D eigenvalue weighted by molar-refractivity contribution is 0.627. The van der Waals surface area contributed by atoms with Crippen LogP contribution < -0.4 is 0 Å².